The van der Waals surface area contributed by atoms with Crippen LogP contribution >= 0.6 is 0 Å². The SMILES string of the molecule is CC(=O)N1CCC(NC(=O)c2cccc(O)c2)CC1. The van der Waals surface area contributed by atoms with Gasteiger partial charge in [-0.2, -0.15) is 0 Å². The number of phenolic OH excluding ortho intramolecular Hbond substituents is 1. The Morgan fingerprint density at radius 1 is 1.32 bits per heavy atom. The number of benzene rings is 1. The fourth-order valence-corrected chi connectivity index (χ4v) is 2.25. The molecule has 5 nitrogen and oxygen atoms in total. The molecular formula is C14H18N2O3. The number of likely N-dealkylation sites (tertiary alicyclic amines) is 1. The lowest BCUT2D eigenvalue weighted by Crippen LogP contribution is -2.45. The highest BCUT2D eigenvalue weighted by Gasteiger charge is 2.22. The Morgan fingerprint density at radius 2 is 2.00 bits per heavy atom. The Kier molecular flexibility index (Phi) is 4.04. The third kappa shape index (κ3) is 3.47. The molecular weight excluding hydrogens is 244 g/mol. The van der Waals surface area contributed by atoms with Gasteiger partial charge in [-0.3, -0.25) is 9.59 Å². The lowest BCUT2D eigenvalue weighted by Gasteiger charge is -2.31. The Labute approximate surface area is 112 Å². The Balaban J connectivity index is 1.89. The number of aromatic hydroxyl groups is 1. The molecule has 0 atom stereocenters. The summed E-state index contributed by atoms with van der Waals surface area (Å²) in [4.78, 5) is 25.0. The number of hydrogen-bond donors (Lipinski definition) is 2. The summed E-state index contributed by atoms with van der Waals surface area (Å²) in [5.41, 5.74) is 0.453. The number of rotatable bonds is 2. The van der Waals surface area contributed by atoms with E-state index in [0.717, 1.165) is 12.8 Å². The van der Waals surface area contributed by atoms with Crippen LogP contribution in [-0.2, 0) is 4.79 Å². The molecule has 1 aliphatic rings. The highest BCUT2D eigenvalue weighted by Crippen LogP contribution is 2.14. The van der Waals surface area contributed by atoms with E-state index in [0.29, 0.717) is 18.7 Å². The molecule has 19 heavy (non-hydrogen) atoms. The van der Waals surface area contributed by atoms with Gasteiger partial charge in [-0.1, -0.05) is 6.07 Å². The Hall–Kier alpha value is -2.04. The van der Waals surface area contributed by atoms with Gasteiger partial charge in [0.1, 0.15) is 5.75 Å². The highest BCUT2D eigenvalue weighted by atomic mass is 16.3. The quantitative estimate of drug-likeness (QED) is 0.839. The van der Waals surface area contributed by atoms with Crippen LogP contribution in [0.5, 0.6) is 5.75 Å². The molecule has 1 fully saturated rings. The first-order valence-corrected chi connectivity index (χ1v) is 6.41. The molecule has 0 unspecified atom stereocenters. The van der Waals surface area contributed by atoms with Gasteiger partial charge in [0, 0.05) is 31.6 Å². The summed E-state index contributed by atoms with van der Waals surface area (Å²) >= 11 is 0. The van der Waals surface area contributed by atoms with E-state index in [2.05, 4.69) is 5.32 Å². The highest BCUT2D eigenvalue weighted by molar-refractivity contribution is 5.94. The van der Waals surface area contributed by atoms with E-state index < -0.39 is 0 Å². The number of piperidine rings is 1. The molecule has 1 aromatic carbocycles. The van der Waals surface area contributed by atoms with E-state index in [1.54, 1.807) is 24.0 Å². The largest absolute Gasteiger partial charge is 0.508 e. The fraction of sp³-hybridized carbons (Fsp3) is 0.429. The first-order chi connectivity index (χ1) is 9.06. The van der Waals surface area contributed by atoms with Gasteiger partial charge < -0.3 is 15.3 Å². The summed E-state index contributed by atoms with van der Waals surface area (Å²) < 4.78 is 0. The van der Waals surface area contributed by atoms with Gasteiger partial charge >= 0.3 is 0 Å². The fourth-order valence-electron chi connectivity index (χ4n) is 2.25. The molecule has 1 aromatic rings. The van der Waals surface area contributed by atoms with E-state index >= 15 is 0 Å². The van der Waals surface area contributed by atoms with Gasteiger partial charge in [0.25, 0.3) is 5.91 Å². The minimum atomic E-state index is -0.183. The third-order valence-electron chi connectivity index (χ3n) is 3.38. The molecule has 1 aliphatic heterocycles. The summed E-state index contributed by atoms with van der Waals surface area (Å²) in [6, 6.07) is 6.37. The third-order valence-corrected chi connectivity index (χ3v) is 3.38. The van der Waals surface area contributed by atoms with Crippen molar-refractivity contribution in [1.82, 2.24) is 10.2 Å². The number of amides is 2. The predicted molar refractivity (Wildman–Crippen MR) is 70.8 cm³/mol. The van der Waals surface area contributed by atoms with Crippen molar-refractivity contribution in [3.05, 3.63) is 29.8 Å². The first-order valence-electron chi connectivity index (χ1n) is 6.41. The van der Waals surface area contributed by atoms with Crippen molar-refractivity contribution in [1.29, 1.82) is 0 Å². The number of nitrogens with one attached hydrogen (secondary N) is 1. The summed E-state index contributed by atoms with van der Waals surface area (Å²) in [6.45, 7) is 2.92. The molecule has 2 amide bonds. The molecule has 0 radical (unpaired) electrons. The maximum Gasteiger partial charge on any atom is 0.251 e. The van der Waals surface area contributed by atoms with Crippen molar-refractivity contribution in [3.63, 3.8) is 0 Å². The van der Waals surface area contributed by atoms with Gasteiger partial charge in [-0.15, -0.1) is 0 Å². The minimum absolute atomic E-state index is 0.0813. The second-order valence-corrected chi connectivity index (χ2v) is 4.80. The molecule has 2 rings (SSSR count). The predicted octanol–water partition coefficient (Wildman–Crippen LogP) is 1.13. The van der Waals surface area contributed by atoms with Crippen molar-refractivity contribution >= 4 is 11.8 Å². The van der Waals surface area contributed by atoms with E-state index in [9.17, 15) is 14.7 Å². The van der Waals surface area contributed by atoms with E-state index in [1.807, 2.05) is 0 Å². The second kappa shape index (κ2) is 5.73. The van der Waals surface area contributed by atoms with Crippen molar-refractivity contribution in [2.75, 3.05) is 13.1 Å². The zero-order valence-electron chi connectivity index (χ0n) is 10.9. The van der Waals surface area contributed by atoms with Crippen molar-refractivity contribution in [2.24, 2.45) is 0 Å². The van der Waals surface area contributed by atoms with Crippen LogP contribution in [0.4, 0.5) is 0 Å². The number of carbonyl (C=O) groups excluding carboxylic acids is 2. The zero-order valence-corrected chi connectivity index (χ0v) is 10.9. The lowest BCUT2D eigenvalue weighted by molar-refractivity contribution is -0.129. The minimum Gasteiger partial charge on any atom is -0.508 e. The van der Waals surface area contributed by atoms with Gasteiger partial charge in [0.2, 0.25) is 5.91 Å². The normalized spacial score (nSPS) is 16.2. The number of nitrogens with zero attached hydrogens (tertiary/aromatic N) is 1. The molecule has 1 heterocycles. The van der Waals surface area contributed by atoms with E-state index in [1.165, 1.54) is 12.1 Å². The maximum atomic E-state index is 12.0. The van der Waals surface area contributed by atoms with Crippen LogP contribution in [0.3, 0.4) is 0 Å². The maximum absolute atomic E-state index is 12.0. The van der Waals surface area contributed by atoms with Crippen LogP contribution < -0.4 is 5.32 Å². The monoisotopic (exact) mass is 262 g/mol. The van der Waals surface area contributed by atoms with Crippen LogP contribution in [-0.4, -0.2) is 41.0 Å². The van der Waals surface area contributed by atoms with Crippen LogP contribution in [0.1, 0.15) is 30.1 Å². The molecule has 0 aromatic heterocycles. The molecule has 0 aliphatic carbocycles. The Bertz CT molecular complexity index is 479. The second-order valence-electron chi connectivity index (χ2n) is 4.80. The average molecular weight is 262 g/mol. The summed E-state index contributed by atoms with van der Waals surface area (Å²) in [6.07, 6.45) is 1.54. The molecule has 1 saturated heterocycles. The summed E-state index contributed by atoms with van der Waals surface area (Å²) in [7, 11) is 0. The molecule has 2 N–H and O–H groups in total. The standard InChI is InChI=1S/C14H18N2O3/c1-10(17)16-7-5-12(6-8-16)15-14(19)11-3-2-4-13(18)9-11/h2-4,9,12,18H,5-8H2,1H3,(H,15,19). The molecule has 0 bridgehead atoms. The van der Waals surface area contributed by atoms with Crippen LogP contribution in [0, 0.1) is 0 Å². The molecule has 102 valence electrons. The van der Waals surface area contributed by atoms with Crippen molar-refractivity contribution in [2.45, 2.75) is 25.8 Å². The topological polar surface area (TPSA) is 69.6 Å². The number of phenols is 1. The van der Waals surface area contributed by atoms with Crippen molar-refractivity contribution < 1.29 is 14.7 Å². The van der Waals surface area contributed by atoms with E-state index in [-0.39, 0.29) is 23.6 Å². The van der Waals surface area contributed by atoms with Gasteiger partial charge in [-0.25, -0.2) is 0 Å². The van der Waals surface area contributed by atoms with Gasteiger partial charge in [-0.05, 0) is 31.0 Å². The summed E-state index contributed by atoms with van der Waals surface area (Å²) in [5, 5.41) is 12.3. The van der Waals surface area contributed by atoms with Crippen LogP contribution in [0.15, 0.2) is 24.3 Å². The zero-order chi connectivity index (χ0) is 13.8. The number of carbonyl (C=O) groups is 2. The van der Waals surface area contributed by atoms with Crippen LogP contribution in [0.2, 0.25) is 0 Å². The molecule has 0 spiro atoms. The first kappa shape index (κ1) is 13.4. The number of hydrogen-bond acceptors (Lipinski definition) is 3. The smallest absolute Gasteiger partial charge is 0.251 e. The van der Waals surface area contributed by atoms with E-state index in [4.69, 9.17) is 0 Å². The summed E-state index contributed by atoms with van der Waals surface area (Å²) in [5.74, 6) is -0.0195. The average Bonchev–Trinajstić information content (AvgIpc) is 2.39. The van der Waals surface area contributed by atoms with Gasteiger partial charge in [0.05, 0.1) is 0 Å². The Morgan fingerprint density at radius 3 is 2.58 bits per heavy atom. The van der Waals surface area contributed by atoms with Gasteiger partial charge in [0.15, 0.2) is 0 Å². The lowest BCUT2D eigenvalue weighted by atomic mass is 10.0. The van der Waals surface area contributed by atoms with Crippen molar-refractivity contribution in [3.8, 4) is 5.75 Å². The molecule has 0 saturated carbocycles. The van der Waals surface area contributed by atoms with Crippen LogP contribution in [0.25, 0.3) is 0 Å². The molecule has 5 heteroatoms.